The lowest BCUT2D eigenvalue weighted by molar-refractivity contribution is 0.0953. The molecule has 2 heterocycles. The molecule has 2 aromatic carbocycles. The number of nitrogens with zero attached hydrogens (tertiary/aromatic N) is 2. The first-order chi connectivity index (χ1) is 17.0. The van der Waals surface area contributed by atoms with E-state index >= 15 is 0 Å². The van der Waals surface area contributed by atoms with Gasteiger partial charge in [0, 0.05) is 24.0 Å². The second-order valence-corrected chi connectivity index (χ2v) is 8.01. The van der Waals surface area contributed by atoms with Crippen molar-refractivity contribution in [1.29, 1.82) is 0 Å². The van der Waals surface area contributed by atoms with Gasteiger partial charge in [0.1, 0.15) is 11.5 Å². The Balaban J connectivity index is 1.36. The number of carbonyl (C=O) groups excluding carboxylic acids is 2. The summed E-state index contributed by atoms with van der Waals surface area (Å²) in [5.74, 6) is -0.000170. The van der Waals surface area contributed by atoms with E-state index in [9.17, 15) is 14.0 Å². The van der Waals surface area contributed by atoms with Gasteiger partial charge in [-0.25, -0.2) is 14.2 Å². The van der Waals surface area contributed by atoms with Crippen molar-refractivity contribution in [2.24, 2.45) is 0 Å². The van der Waals surface area contributed by atoms with Crippen LogP contribution in [0.25, 0.3) is 33.7 Å². The van der Waals surface area contributed by atoms with Crippen LogP contribution < -0.4 is 10.6 Å². The van der Waals surface area contributed by atoms with Crippen molar-refractivity contribution in [3.63, 3.8) is 0 Å². The summed E-state index contributed by atoms with van der Waals surface area (Å²) in [4.78, 5) is 31.8. The van der Waals surface area contributed by atoms with E-state index in [1.54, 1.807) is 36.5 Å². The van der Waals surface area contributed by atoms with Gasteiger partial charge in [-0.15, -0.1) is 0 Å². The number of amides is 2. The molecule has 0 aliphatic heterocycles. The summed E-state index contributed by atoms with van der Waals surface area (Å²) in [5.41, 5.74) is 3.36. The van der Waals surface area contributed by atoms with Gasteiger partial charge in [-0.05, 0) is 60.9 Å². The van der Waals surface area contributed by atoms with E-state index in [0.29, 0.717) is 43.2 Å². The summed E-state index contributed by atoms with van der Waals surface area (Å²) in [6.07, 6.45) is 3.59. The van der Waals surface area contributed by atoms with Gasteiger partial charge in [-0.3, -0.25) is 9.89 Å². The molecule has 182 valence electrons. The lowest BCUT2D eigenvalue weighted by Crippen LogP contribution is -2.30. The van der Waals surface area contributed by atoms with Gasteiger partial charge in [-0.2, -0.15) is 5.10 Å². The lowest BCUT2D eigenvalue weighted by atomic mass is 10.1. The molecule has 4 N–H and O–H groups in total. The van der Waals surface area contributed by atoms with Crippen LogP contribution in [-0.4, -0.2) is 51.9 Å². The molecule has 0 radical (unpaired) electrons. The second kappa shape index (κ2) is 11.3. The van der Waals surface area contributed by atoms with Gasteiger partial charge < -0.3 is 20.4 Å². The van der Waals surface area contributed by atoms with Crippen LogP contribution >= 0.6 is 0 Å². The number of alkyl carbamates (subject to hydrolysis) is 1. The molecule has 9 nitrogen and oxygen atoms in total. The molecule has 4 rings (SSSR count). The highest BCUT2D eigenvalue weighted by Gasteiger charge is 2.15. The number of rotatable bonds is 10. The zero-order valence-electron chi connectivity index (χ0n) is 19.4. The maximum Gasteiger partial charge on any atom is 0.407 e. The van der Waals surface area contributed by atoms with Crippen molar-refractivity contribution in [3.05, 3.63) is 60.0 Å². The number of imidazole rings is 1. The Labute approximate surface area is 201 Å². The monoisotopic (exact) mass is 478 g/mol. The fraction of sp³-hybridized carbons (Fsp3) is 0.280. The molecular formula is C25H27FN6O3. The Hall–Kier alpha value is -4.21. The van der Waals surface area contributed by atoms with Crippen molar-refractivity contribution in [2.75, 3.05) is 19.7 Å². The van der Waals surface area contributed by atoms with Crippen molar-refractivity contribution in [2.45, 2.75) is 26.2 Å². The number of H-pyrrole nitrogens is 2. The maximum absolute atomic E-state index is 13.2. The van der Waals surface area contributed by atoms with Crippen LogP contribution in [0.15, 0.2) is 48.7 Å². The number of hydrogen-bond acceptors (Lipinski definition) is 5. The van der Waals surface area contributed by atoms with Crippen molar-refractivity contribution in [1.82, 2.24) is 30.8 Å². The minimum Gasteiger partial charge on any atom is -0.450 e. The van der Waals surface area contributed by atoms with Crippen LogP contribution in [-0.2, 0) is 4.74 Å². The first kappa shape index (κ1) is 23.9. The number of hydrogen-bond donors (Lipinski definition) is 4. The standard InChI is InChI=1S/C25H27FN6O3/c1-2-3-13-35-25(34)28-12-4-11-27-24(33)17-7-10-20-19(14-17)22(32-31-20)23-29-15-21(30-23)16-5-8-18(26)9-6-16/h5-10,14-15H,2-4,11-13H2,1H3,(H,27,33)(H,28,34)(H,29,30)(H,31,32). The van der Waals surface area contributed by atoms with Crippen LogP contribution in [0.2, 0.25) is 0 Å². The van der Waals surface area contributed by atoms with Gasteiger partial charge in [-0.1, -0.05) is 13.3 Å². The van der Waals surface area contributed by atoms with Gasteiger partial charge in [0.25, 0.3) is 5.91 Å². The predicted molar refractivity (Wildman–Crippen MR) is 130 cm³/mol. The van der Waals surface area contributed by atoms with E-state index in [1.165, 1.54) is 12.1 Å². The first-order valence-corrected chi connectivity index (χ1v) is 11.5. The molecule has 2 amide bonds. The number of benzene rings is 2. The summed E-state index contributed by atoms with van der Waals surface area (Å²) >= 11 is 0. The fourth-order valence-electron chi connectivity index (χ4n) is 3.50. The Morgan fingerprint density at radius 1 is 1.06 bits per heavy atom. The number of ether oxygens (including phenoxy) is 1. The topological polar surface area (TPSA) is 125 Å². The molecule has 0 aliphatic carbocycles. The number of aromatic amines is 2. The van der Waals surface area contributed by atoms with E-state index in [0.717, 1.165) is 35.0 Å². The zero-order valence-corrected chi connectivity index (χ0v) is 19.4. The van der Waals surface area contributed by atoms with Gasteiger partial charge in [0.05, 0.1) is 24.0 Å². The van der Waals surface area contributed by atoms with Gasteiger partial charge >= 0.3 is 6.09 Å². The average molecular weight is 479 g/mol. The van der Waals surface area contributed by atoms with Crippen molar-refractivity contribution >= 4 is 22.9 Å². The van der Waals surface area contributed by atoms with Gasteiger partial charge in [0.2, 0.25) is 0 Å². The minimum atomic E-state index is -0.441. The maximum atomic E-state index is 13.2. The molecule has 2 aromatic heterocycles. The quantitative estimate of drug-likeness (QED) is 0.251. The van der Waals surface area contributed by atoms with E-state index in [4.69, 9.17) is 4.74 Å². The van der Waals surface area contributed by atoms with Gasteiger partial charge in [0.15, 0.2) is 5.82 Å². The molecule has 0 unspecified atom stereocenters. The largest absolute Gasteiger partial charge is 0.450 e. The van der Waals surface area contributed by atoms with Crippen LogP contribution in [0, 0.1) is 5.82 Å². The molecule has 4 aromatic rings. The number of fused-ring (bicyclic) bond motifs is 1. The summed E-state index contributed by atoms with van der Waals surface area (Å²) in [6.45, 7) is 3.25. The van der Waals surface area contributed by atoms with Crippen molar-refractivity contribution < 1.29 is 18.7 Å². The first-order valence-electron chi connectivity index (χ1n) is 11.5. The van der Waals surface area contributed by atoms with Crippen LogP contribution in [0.1, 0.15) is 36.5 Å². The molecule has 0 aliphatic rings. The normalized spacial score (nSPS) is 10.9. The number of nitrogens with one attached hydrogen (secondary N) is 4. The third kappa shape index (κ3) is 6.03. The Morgan fingerprint density at radius 3 is 2.66 bits per heavy atom. The molecule has 0 fully saturated rings. The second-order valence-electron chi connectivity index (χ2n) is 8.01. The smallest absolute Gasteiger partial charge is 0.407 e. The van der Waals surface area contributed by atoms with E-state index in [2.05, 4.69) is 30.8 Å². The molecule has 0 bridgehead atoms. The molecular weight excluding hydrogens is 451 g/mol. The fourth-order valence-corrected chi connectivity index (χ4v) is 3.50. The van der Waals surface area contributed by atoms with Crippen LogP contribution in [0.3, 0.4) is 0 Å². The number of carbonyl (C=O) groups is 2. The lowest BCUT2D eigenvalue weighted by Gasteiger charge is -2.08. The summed E-state index contributed by atoms with van der Waals surface area (Å²) in [7, 11) is 0. The molecule has 0 atom stereocenters. The number of halogens is 1. The number of aromatic nitrogens is 4. The highest BCUT2D eigenvalue weighted by atomic mass is 19.1. The van der Waals surface area contributed by atoms with E-state index in [1.807, 2.05) is 6.92 Å². The summed E-state index contributed by atoms with van der Waals surface area (Å²) in [5, 5.41) is 13.6. The Morgan fingerprint density at radius 2 is 1.86 bits per heavy atom. The zero-order chi connectivity index (χ0) is 24.6. The average Bonchev–Trinajstić information content (AvgIpc) is 3.51. The van der Waals surface area contributed by atoms with E-state index in [-0.39, 0.29) is 11.7 Å². The molecule has 0 spiro atoms. The Kier molecular flexibility index (Phi) is 7.71. The number of unbranched alkanes of at least 4 members (excludes halogenated alkanes) is 1. The van der Waals surface area contributed by atoms with E-state index < -0.39 is 6.09 Å². The summed E-state index contributed by atoms with van der Waals surface area (Å²) in [6, 6.07) is 11.4. The highest BCUT2D eigenvalue weighted by Crippen LogP contribution is 2.27. The third-order valence-corrected chi connectivity index (χ3v) is 5.42. The predicted octanol–water partition coefficient (Wildman–Crippen LogP) is 4.41. The molecule has 10 heteroatoms. The highest BCUT2D eigenvalue weighted by molar-refractivity contribution is 6.01. The molecule has 0 saturated carbocycles. The molecule has 0 saturated heterocycles. The minimum absolute atomic E-state index is 0.226. The van der Waals surface area contributed by atoms with Crippen molar-refractivity contribution in [3.8, 4) is 22.8 Å². The summed E-state index contributed by atoms with van der Waals surface area (Å²) < 4.78 is 18.2. The third-order valence-electron chi connectivity index (χ3n) is 5.42. The van der Waals surface area contributed by atoms with Crippen LogP contribution in [0.5, 0.6) is 0 Å². The SMILES string of the molecule is CCCCOC(=O)NCCCNC(=O)c1ccc2[nH]nc(-c3ncc(-c4ccc(F)cc4)[nH]3)c2c1. The van der Waals surface area contributed by atoms with Crippen LogP contribution in [0.4, 0.5) is 9.18 Å². The Bertz CT molecular complexity index is 1300. The molecule has 35 heavy (non-hydrogen) atoms.